The third-order valence-electron chi connectivity index (χ3n) is 3.74. The first-order valence-electron chi connectivity index (χ1n) is 8.09. The fourth-order valence-corrected chi connectivity index (χ4v) is 5.19. The zero-order valence-corrected chi connectivity index (χ0v) is 16.3. The molecule has 0 radical (unpaired) electrons. The topological polar surface area (TPSA) is 116 Å². The Morgan fingerprint density at radius 3 is 2.19 bits per heavy atom. The summed E-state index contributed by atoms with van der Waals surface area (Å²) in [4.78, 5) is 9.31. The minimum Gasteiger partial charge on any atom is -0.457 e. The molecule has 3 N–H and O–H groups in total. The molecule has 2 aromatic carbocycles. The molecule has 1 atom stereocenters. The molecule has 0 bridgehead atoms. The van der Waals surface area contributed by atoms with Gasteiger partial charge in [0.05, 0.1) is 11.2 Å². The van der Waals surface area contributed by atoms with Crippen molar-refractivity contribution in [2.45, 2.75) is 31.6 Å². The monoisotopic (exact) mass is 399 g/mol. The van der Waals surface area contributed by atoms with E-state index in [1.54, 1.807) is 19.1 Å². The van der Waals surface area contributed by atoms with E-state index in [1.165, 1.54) is 12.1 Å². The number of rotatable bonds is 8. The standard InChI is InChI=1S/C17H22NO6PS/c1-3-14-15(4-2)17(26(21,22)24-25(19,20)12-18)11-10-16(14)23-13-8-6-5-7-9-13/h5-11H,3-4,12,18H2,1-2H3,(H,19,20). The lowest BCUT2D eigenvalue weighted by Gasteiger charge is -2.18. The zero-order chi connectivity index (χ0) is 19.4. The first-order valence-corrected chi connectivity index (χ1v) is 11.3. The largest absolute Gasteiger partial charge is 0.457 e. The quantitative estimate of drug-likeness (QED) is 0.654. The summed E-state index contributed by atoms with van der Waals surface area (Å²) in [5.41, 5.74) is 6.29. The van der Waals surface area contributed by atoms with Crippen molar-refractivity contribution in [1.29, 1.82) is 0 Å². The molecule has 26 heavy (non-hydrogen) atoms. The predicted molar refractivity (Wildman–Crippen MR) is 98.9 cm³/mol. The lowest BCUT2D eigenvalue weighted by Crippen LogP contribution is -2.13. The highest BCUT2D eigenvalue weighted by Gasteiger charge is 2.31. The Morgan fingerprint density at radius 2 is 1.65 bits per heavy atom. The molecule has 0 aromatic heterocycles. The summed E-state index contributed by atoms with van der Waals surface area (Å²) < 4.78 is 46.9. The molecule has 142 valence electrons. The first-order chi connectivity index (χ1) is 12.2. The van der Waals surface area contributed by atoms with Crippen LogP contribution in [-0.4, -0.2) is 19.6 Å². The van der Waals surface area contributed by atoms with Gasteiger partial charge in [-0.25, -0.2) is 0 Å². The van der Waals surface area contributed by atoms with E-state index in [2.05, 4.69) is 3.97 Å². The van der Waals surface area contributed by atoms with Gasteiger partial charge in [-0.15, -0.1) is 0 Å². The molecular weight excluding hydrogens is 377 g/mol. The summed E-state index contributed by atoms with van der Waals surface area (Å²) in [6.07, 6.45) is 0.108. The van der Waals surface area contributed by atoms with Gasteiger partial charge in [0.25, 0.3) is 0 Å². The van der Waals surface area contributed by atoms with Crippen molar-refractivity contribution in [2.75, 3.05) is 6.29 Å². The molecule has 0 saturated carbocycles. The Kier molecular flexibility index (Phi) is 6.60. The van der Waals surface area contributed by atoms with Crippen LogP contribution < -0.4 is 10.5 Å². The molecule has 0 saturated heterocycles. The highest BCUT2D eigenvalue weighted by atomic mass is 32.2. The van der Waals surface area contributed by atoms with Crippen LogP contribution in [0.5, 0.6) is 11.5 Å². The third kappa shape index (κ3) is 4.72. The minimum atomic E-state index is -4.44. The fourth-order valence-electron chi connectivity index (χ4n) is 2.59. The molecule has 0 aliphatic heterocycles. The first kappa shape index (κ1) is 20.6. The summed E-state index contributed by atoms with van der Waals surface area (Å²) in [5.74, 6) is 1.15. The van der Waals surface area contributed by atoms with E-state index in [-0.39, 0.29) is 4.90 Å². The van der Waals surface area contributed by atoms with Crippen LogP contribution in [-0.2, 0) is 31.5 Å². The van der Waals surface area contributed by atoms with Crippen LogP contribution >= 0.6 is 7.60 Å². The number of benzene rings is 2. The van der Waals surface area contributed by atoms with E-state index in [1.807, 2.05) is 25.1 Å². The Labute approximate surface area is 153 Å². The van der Waals surface area contributed by atoms with Crippen LogP contribution in [0.2, 0.25) is 0 Å². The van der Waals surface area contributed by atoms with Crippen LogP contribution in [0.3, 0.4) is 0 Å². The Bertz CT molecular complexity index is 914. The molecule has 0 aliphatic rings. The number of ether oxygens (including phenoxy) is 1. The van der Waals surface area contributed by atoms with Crippen molar-refractivity contribution >= 4 is 17.7 Å². The van der Waals surface area contributed by atoms with Crippen LogP contribution in [0.4, 0.5) is 0 Å². The van der Waals surface area contributed by atoms with Gasteiger partial charge in [-0.1, -0.05) is 32.0 Å². The van der Waals surface area contributed by atoms with Crippen molar-refractivity contribution in [3.63, 3.8) is 0 Å². The predicted octanol–water partition coefficient (Wildman–Crippen LogP) is 3.41. The smallest absolute Gasteiger partial charge is 0.356 e. The third-order valence-corrected chi connectivity index (χ3v) is 6.84. The van der Waals surface area contributed by atoms with Crippen LogP contribution in [0, 0.1) is 0 Å². The van der Waals surface area contributed by atoms with Crippen molar-refractivity contribution in [3.8, 4) is 11.5 Å². The maximum absolute atomic E-state index is 12.5. The van der Waals surface area contributed by atoms with Crippen molar-refractivity contribution in [3.05, 3.63) is 53.6 Å². The van der Waals surface area contributed by atoms with Gasteiger partial charge in [0.15, 0.2) is 0 Å². The Morgan fingerprint density at radius 1 is 1.04 bits per heavy atom. The van der Waals surface area contributed by atoms with E-state index >= 15 is 0 Å². The number of hydrogen-bond donors (Lipinski definition) is 2. The molecule has 7 nitrogen and oxygen atoms in total. The molecular formula is C17H22NO6PS. The maximum atomic E-state index is 12.5. The van der Waals surface area contributed by atoms with Gasteiger partial charge in [0, 0.05) is 0 Å². The van der Waals surface area contributed by atoms with Crippen LogP contribution in [0.25, 0.3) is 0 Å². The molecule has 0 fully saturated rings. The second-order valence-corrected chi connectivity index (χ2v) is 9.07. The summed E-state index contributed by atoms with van der Waals surface area (Å²) in [6, 6.07) is 12.0. The minimum absolute atomic E-state index is 0.153. The number of para-hydroxylation sites is 1. The number of nitrogens with two attached hydrogens (primary N) is 1. The van der Waals surface area contributed by atoms with Gasteiger partial charge in [0.2, 0.25) is 0 Å². The van der Waals surface area contributed by atoms with Crippen LogP contribution in [0.15, 0.2) is 47.4 Å². The summed E-state index contributed by atoms with van der Waals surface area (Å²) >= 11 is 0. The molecule has 1 unspecified atom stereocenters. The highest BCUT2D eigenvalue weighted by molar-refractivity contribution is 7.91. The number of hydrogen-bond acceptors (Lipinski definition) is 6. The lowest BCUT2D eigenvalue weighted by atomic mass is 10.0. The van der Waals surface area contributed by atoms with Crippen LogP contribution in [0.1, 0.15) is 25.0 Å². The second kappa shape index (κ2) is 8.33. The van der Waals surface area contributed by atoms with Gasteiger partial charge < -0.3 is 15.4 Å². The normalized spacial score (nSPS) is 14.0. The van der Waals surface area contributed by atoms with Crippen molar-refractivity contribution in [2.24, 2.45) is 5.73 Å². The SMILES string of the molecule is CCc1c(Oc2ccccc2)ccc(S(=O)(=O)OP(=O)(O)CN)c1CC. The fraction of sp³-hybridized carbons (Fsp3) is 0.294. The Hall–Kier alpha value is -1.70. The van der Waals surface area contributed by atoms with Crippen molar-refractivity contribution < 1.29 is 26.6 Å². The molecule has 0 amide bonds. The van der Waals surface area contributed by atoms with Gasteiger partial charge in [-0.2, -0.15) is 12.4 Å². The molecule has 0 spiro atoms. The zero-order valence-electron chi connectivity index (χ0n) is 14.6. The van der Waals surface area contributed by atoms with E-state index in [0.29, 0.717) is 35.5 Å². The second-order valence-electron chi connectivity index (χ2n) is 5.49. The average Bonchev–Trinajstić information content (AvgIpc) is 2.61. The molecule has 2 aromatic rings. The van der Waals surface area contributed by atoms with E-state index < -0.39 is 24.0 Å². The summed E-state index contributed by atoms with van der Waals surface area (Å²) in [5, 5.41) is 0. The molecule has 9 heteroatoms. The van der Waals surface area contributed by atoms with Gasteiger partial charge in [-0.05, 0) is 48.2 Å². The van der Waals surface area contributed by atoms with Gasteiger partial charge in [0.1, 0.15) is 11.5 Å². The maximum Gasteiger partial charge on any atom is 0.356 e. The average molecular weight is 399 g/mol. The van der Waals surface area contributed by atoms with E-state index in [0.717, 1.165) is 0 Å². The summed E-state index contributed by atoms with van der Waals surface area (Å²) in [6.45, 7) is 3.67. The van der Waals surface area contributed by atoms with Gasteiger partial charge >= 0.3 is 17.7 Å². The van der Waals surface area contributed by atoms with Crippen molar-refractivity contribution in [1.82, 2.24) is 0 Å². The molecule has 2 rings (SSSR count). The molecule has 0 aliphatic carbocycles. The lowest BCUT2D eigenvalue weighted by molar-refractivity contribution is 0.377. The highest BCUT2D eigenvalue weighted by Crippen LogP contribution is 2.44. The molecule has 0 heterocycles. The van der Waals surface area contributed by atoms with E-state index in [9.17, 15) is 17.9 Å². The van der Waals surface area contributed by atoms with E-state index in [4.69, 9.17) is 10.5 Å². The van der Waals surface area contributed by atoms with Gasteiger partial charge in [-0.3, -0.25) is 4.57 Å². The Balaban J connectivity index is 2.51. The summed E-state index contributed by atoms with van der Waals surface area (Å²) in [7, 11) is -8.87.